The first-order valence-corrected chi connectivity index (χ1v) is 19.0. The van der Waals surface area contributed by atoms with Gasteiger partial charge in [-0.3, -0.25) is 0 Å². The molecular weight excluding hydrogens is 571 g/mol. The molecule has 0 bridgehead atoms. The molecule has 0 atom stereocenters. The number of rotatable bonds is 6. The number of hydrogen-bond acceptors (Lipinski definition) is 1. The molecule has 1 heterocycles. The molecule has 1 nitrogen and oxygen atoms in total. The number of fused-ring (bicyclic) bond motifs is 3. The second kappa shape index (κ2) is 11.5. The lowest BCUT2D eigenvalue weighted by molar-refractivity contribution is 1.29. The van der Waals surface area contributed by atoms with Crippen molar-refractivity contribution < 1.29 is 0 Å². The molecule has 1 aliphatic heterocycles. The van der Waals surface area contributed by atoms with Crippen LogP contribution >= 0.6 is 0 Å². The maximum Gasteiger partial charge on any atom is 0.113 e. The van der Waals surface area contributed by atoms with Gasteiger partial charge in [-0.1, -0.05) is 165 Å². The highest BCUT2D eigenvalue weighted by Crippen LogP contribution is 2.47. The maximum atomic E-state index is 2.49. The lowest BCUT2D eigenvalue weighted by Crippen LogP contribution is -2.49. The van der Waals surface area contributed by atoms with Crippen LogP contribution in [0, 0.1) is 0 Å². The van der Waals surface area contributed by atoms with Crippen LogP contribution in [0.1, 0.15) is 0 Å². The predicted molar refractivity (Wildman–Crippen MR) is 200 cm³/mol. The third kappa shape index (κ3) is 4.79. The van der Waals surface area contributed by atoms with Gasteiger partial charge in [0.05, 0.1) is 5.69 Å². The summed E-state index contributed by atoms with van der Waals surface area (Å²) >= 11 is 0. The van der Waals surface area contributed by atoms with Crippen molar-refractivity contribution >= 4 is 35.5 Å². The number of hydrogen-bond donors (Lipinski definition) is 0. The van der Waals surface area contributed by atoms with Gasteiger partial charge in [0, 0.05) is 22.5 Å². The average molecular weight is 606 g/mol. The molecule has 0 aliphatic carbocycles. The van der Waals surface area contributed by atoms with E-state index >= 15 is 0 Å². The zero-order chi connectivity index (χ0) is 31.1. The van der Waals surface area contributed by atoms with Gasteiger partial charge in [0.25, 0.3) is 0 Å². The topological polar surface area (TPSA) is 3.24 Å². The third-order valence-electron chi connectivity index (χ3n) is 9.49. The minimum absolute atomic E-state index is 1.13. The van der Waals surface area contributed by atoms with Crippen molar-refractivity contribution in [2.45, 2.75) is 13.1 Å². The van der Waals surface area contributed by atoms with Crippen molar-refractivity contribution in [3.63, 3.8) is 0 Å². The van der Waals surface area contributed by atoms with Crippen LogP contribution < -0.4 is 15.3 Å². The second-order valence-corrected chi connectivity index (χ2v) is 16.9. The first kappa shape index (κ1) is 28.1. The summed E-state index contributed by atoms with van der Waals surface area (Å²) in [5.41, 5.74) is 13.5. The maximum absolute atomic E-state index is 2.49. The van der Waals surface area contributed by atoms with E-state index in [4.69, 9.17) is 0 Å². The monoisotopic (exact) mass is 605 g/mol. The molecule has 46 heavy (non-hydrogen) atoms. The Morgan fingerprint density at radius 2 is 0.804 bits per heavy atom. The minimum Gasteiger partial charge on any atom is -0.309 e. The van der Waals surface area contributed by atoms with E-state index in [-0.39, 0.29) is 0 Å². The molecule has 0 spiro atoms. The van der Waals surface area contributed by atoms with E-state index in [0.29, 0.717) is 0 Å². The van der Waals surface area contributed by atoms with Gasteiger partial charge < -0.3 is 4.90 Å². The molecule has 0 fully saturated rings. The SMILES string of the molecule is C[Si]1(C)c2ccccc2-c2ccc(N(c3ccc(-c4ccccc4)cc3)c3c(-c4ccccc4)cccc3-c3ccccc3)cc21. The Labute approximate surface area is 273 Å². The Bertz CT molecular complexity index is 2090. The van der Waals surface area contributed by atoms with Crippen molar-refractivity contribution in [3.8, 4) is 44.5 Å². The highest BCUT2D eigenvalue weighted by Gasteiger charge is 2.37. The highest BCUT2D eigenvalue weighted by molar-refractivity contribution is 7.03. The number of nitrogens with zero attached hydrogens (tertiary/aromatic N) is 1. The molecule has 220 valence electrons. The minimum atomic E-state index is -1.90. The zero-order valence-corrected chi connectivity index (χ0v) is 27.2. The zero-order valence-electron chi connectivity index (χ0n) is 26.2. The van der Waals surface area contributed by atoms with Crippen LogP contribution in [0.3, 0.4) is 0 Å². The first-order chi connectivity index (χ1) is 22.6. The van der Waals surface area contributed by atoms with E-state index in [0.717, 1.165) is 5.69 Å². The lowest BCUT2D eigenvalue weighted by Gasteiger charge is -2.31. The van der Waals surface area contributed by atoms with Gasteiger partial charge in [0.2, 0.25) is 0 Å². The molecule has 0 aromatic heterocycles. The van der Waals surface area contributed by atoms with Gasteiger partial charge in [0.1, 0.15) is 8.07 Å². The summed E-state index contributed by atoms with van der Waals surface area (Å²) < 4.78 is 0. The summed E-state index contributed by atoms with van der Waals surface area (Å²) in [7, 11) is -1.90. The summed E-state index contributed by atoms with van der Waals surface area (Å²) in [5, 5.41) is 3.02. The number of anilines is 3. The Hall–Kier alpha value is -5.44. The largest absolute Gasteiger partial charge is 0.309 e. The third-order valence-corrected chi connectivity index (χ3v) is 13.0. The molecule has 0 saturated carbocycles. The Morgan fingerprint density at radius 1 is 0.348 bits per heavy atom. The molecule has 0 radical (unpaired) electrons. The van der Waals surface area contributed by atoms with Crippen LogP contribution in [0.5, 0.6) is 0 Å². The van der Waals surface area contributed by atoms with Crippen LogP contribution in [0.4, 0.5) is 17.1 Å². The first-order valence-electron chi connectivity index (χ1n) is 16.0. The van der Waals surface area contributed by atoms with E-state index in [1.165, 1.54) is 66.3 Å². The van der Waals surface area contributed by atoms with Gasteiger partial charge in [-0.05, 0) is 68.0 Å². The predicted octanol–water partition coefficient (Wildman–Crippen LogP) is 11.0. The van der Waals surface area contributed by atoms with E-state index < -0.39 is 8.07 Å². The van der Waals surface area contributed by atoms with Crippen molar-refractivity contribution in [2.75, 3.05) is 4.90 Å². The fourth-order valence-corrected chi connectivity index (χ4v) is 10.3. The molecular formula is C44H35NSi. The Kier molecular flexibility index (Phi) is 7.01. The van der Waals surface area contributed by atoms with Crippen LogP contribution in [-0.2, 0) is 0 Å². The Morgan fingerprint density at radius 3 is 1.41 bits per heavy atom. The smallest absolute Gasteiger partial charge is 0.113 e. The summed E-state index contributed by atoms with van der Waals surface area (Å²) in [6.45, 7) is 4.99. The van der Waals surface area contributed by atoms with Crippen LogP contribution in [0.25, 0.3) is 44.5 Å². The molecule has 7 aromatic rings. The second-order valence-electron chi connectivity index (χ2n) is 12.6. The highest BCUT2D eigenvalue weighted by atomic mass is 28.3. The lowest BCUT2D eigenvalue weighted by atomic mass is 9.94. The molecule has 7 aromatic carbocycles. The number of para-hydroxylation sites is 1. The van der Waals surface area contributed by atoms with E-state index in [1.807, 2.05) is 0 Å². The van der Waals surface area contributed by atoms with E-state index in [1.54, 1.807) is 0 Å². The quantitative estimate of drug-likeness (QED) is 0.170. The van der Waals surface area contributed by atoms with Crippen molar-refractivity contribution in [2.24, 2.45) is 0 Å². The van der Waals surface area contributed by atoms with Crippen LogP contribution in [0.15, 0.2) is 176 Å². The fourth-order valence-electron chi connectivity index (χ4n) is 7.16. The van der Waals surface area contributed by atoms with E-state index in [9.17, 15) is 0 Å². The summed E-state index contributed by atoms with van der Waals surface area (Å²) in [4.78, 5) is 2.49. The van der Waals surface area contributed by atoms with Gasteiger partial charge in [-0.15, -0.1) is 0 Å². The standard InChI is InChI=1S/C44H35NSi/c1-46(2)42-24-13-12-21-40(42)41-30-29-37(31-43(41)46)45(36-27-25-33(26-28-36)32-15-6-3-7-16-32)44-38(34-17-8-4-9-18-34)22-14-23-39(44)35-19-10-5-11-20-35/h3-31H,1-2H3. The molecule has 8 rings (SSSR count). The summed E-state index contributed by atoms with van der Waals surface area (Å²) in [6.07, 6.45) is 0. The molecule has 0 unspecified atom stereocenters. The van der Waals surface area contributed by atoms with Crippen LogP contribution in [0.2, 0.25) is 13.1 Å². The molecule has 0 saturated heterocycles. The summed E-state index contributed by atoms with van der Waals surface area (Å²) in [6, 6.07) is 64.2. The van der Waals surface area contributed by atoms with E-state index in [2.05, 4.69) is 194 Å². The van der Waals surface area contributed by atoms with Gasteiger partial charge in [-0.2, -0.15) is 0 Å². The van der Waals surface area contributed by atoms with Gasteiger partial charge >= 0.3 is 0 Å². The van der Waals surface area contributed by atoms with Crippen LogP contribution in [-0.4, -0.2) is 8.07 Å². The number of benzene rings is 7. The van der Waals surface area contributed by atoms with Gasteiger partial charge in [0.15, 0.2) is 0 Å². The normalized spacial score (nSPS) is 12.7. The van der Waals surface area contributed by atoms with Crippen molar-refractivity contribution in [1.82, 2.24) is 0 Å². The molecule has 2 heteroatoms. The molecule has 0 N–H and O–H groups in total. The molecule has 0 amide bonds. The average Bonchev–Trinajstić information content (AvgIpc) is 3.35. The van der Waals surface area contributed by atoms with Crippen molar-refractivity contribution in [3.05, 3.63) is 176 Å². The van der Waals surface area contributed by atoms with Gasteiger partial charge in [-0.25, -0.2) is 0 Å². The summed E-state index contributed by atoms with van der Waals surface area (Å²) in [5.74, 6) is 0. The fraction of sp³-hybridized carbons (Fsp3) is 0.0455. The molecule has 1 aliphatic rings. The Balaban J connectivity index is 1.39. The van der Waals surface area contributed by atoms with Crippen molar-refractivity contribution in [1.29, 1.82) is 0 Å².